The lowest BCUT2D eigenvalue weighted by Crippen LogP contribution is -2.11. The Morgan fingerprint density at radius 2 is 1.85 bits per heavy atom. The minimum absolute atomic E-state index is 0.294. The van der Waals surface area contributed by atoms with Gasteiger partial charge in [-0.3, -0.25) is 5.10 Å². The largest absolute Gasteiger partial charge is 0.493 e. The molecule has 0 spiro atoms. The van der Waals surface area contributed by atoms with Crippen LogP contribution in [0.15, 0.2) is 48.7 Å². The van der Waals surface area contributed by atoms with Crippen LogP contribution in [0.4, 0.5) is 0 Å². The van der Waals surface area contributed by atoms with Crippen LogP contribution in [-0.2, 0) is 6.42 Å². The SMILES string of the molecule is COc1ccc(-c2[nH]ncc2Cc2ccccc2C)cc1OC1CCCC1. The molecule has 1 aliphatic carbocycles. The molecule has 0 bridgehead atoms. The molecular weight excluding hydrogens is 336 g/mol. The minimum Gasteiger partial charge on any atom is -0.493 e. The Morgan fingerprint density at radius 3 is 2.63 bits per heavy atom. The third-order valence-electron chi connectivity index (χ3n) is 5.41. The molecule has 1 fully saturated rings. The number of H-pyrrole nitrogens is 1. The normalized spacial score (nSPS) is 14.4. The summed E-state index contributed by atoms with van der Waals surface area (Å²) in [6, 6.07) is 14.6. The third-order valence-corrected chi connectivity index (χ3v) is 5.41. The second-order valence-electron chi connectivity index (χ2n) is 7.26. The molecule has 1 aromatic heterocycles. The predicted molar refractivity (Wildman–Crippen MR) is 107 cm³/mol. The van der Waals surface area contributed by atoms with Gasteiger partial charge in [-0.05, 0) is 61.9 Å². The fourth-order valence-electron chi connectivity index (χ4n) is 3.82. The van der Waals surface area contributed by atoms with Crippen molar-refractivity contribution < 1.29 is 9.47 Å². The van der Waals surface area contributed by atoms with E-state index in [2.05, 4.69) is 53.5 Å². The number of nitrogens with one attached hydrogen (secondary N) is 1. The summed E-state index contributed by atoms with van der Waals surface area (Å²) in [5.41, 5.74) is 5.91. The van der Waals surface area contributed by atoms with Crippen LogP contribution in [0.1, 0.15) is 42.4 Å². The molecule has 4 rings (SSSR count). The van der Waals surface area contributed by atoms with Crippen molar-refractivity contribution in [2.24, 2.45) is 0 Å². The van der Waals surface area contributed by atoms with Gasteiger partial charge in [-0.2, -0.15) is 5.10 Å². The van der Waals surface area contributed by atoms with Gasteiger partial charge in [0.15, 0.2) is 11.5 Å². The molecule has 3 aromatic rings. The second-order valence-corrected chi connectivity index (χ2v) is 7.26. The molecule has 140 valence electrons. The summed E-state index contributed by atoms with van der Waals surface area (Å²) in [5.74, 6) is 1.60. The van der Waals surface area contributed by atoms with Gasteiger partial charge in [0.25, 0.3) is 0 Å². The average molecular weight is 362 g/mol. The van der Waals surface area contributed by atoms with Crippen molar-refractivity contribution in [3.63, 3.8) is 0 Å². The number of methoxy groups -OCH3 is 1. The van der Waals surface area contributed by atoms with Gasteiger partial charge in [-0.15, -0.1) is 0 Å². The average Bonchev–Trinajstić information content (AvgIpc) is 3.35. The molecule has 1 heterocycles. The van der Waals surface area contributed by atoms with E-state index in [9.17, 15) is 0 Å². The molecule has 1 saturated carbocycles. The first-order valence-electron chi connectivity index (χ1n) is 9.66. The summed E-state index contributed by atoms with van der Waals surface area (Å²) in [4.78, 5) is 0. The van der Waals surface area contributed by atoms with E-state index in [1.807, 2.05) is 12.3 Å². The Bertz CT molecular complexity index is 910. The summed E-state index contributed by atoms with van der Waals surface area (Å²) in [7, 11) is 1.69. The lowest BCUT2D eigenvalue weighted by atomic mass is 9.98. The number of aromatic amines is 1. The highest BCUT2D eigenvalue weighted by Gasteiger charge is 2.19. The molecule has 27 heavy (non-hydrogen) atoms. The van der Waals surface area contributed by atoms with Crippen molar-refractivity contribution in [3.8, 4) is 22.8 Å². The van der Waals surface area contributed by atoms with Gasteiger partial charge in [-0.25, -0.2) is 0 Å². The highest BCUT2D eigenvalue weighted by atomic mass is 16.5. The summed E-state index contributed by atoms with van der Waals surface area (Å²) < 4.78 is 11.8. The lowest BCUT2D eigenvalue weighted by molar-refractivity contribution is 0.201. The summed E-state index contributed by atoms with van der Waals surface area (Å²) >= 11 is 0. The van der Waals surface area contributed by atoms with Gasteiger partial charge < -0.3 is 9.47 Å². The Balaban J connectivity index is 1.64. The number of rotatable bonds is 6. The molecular formula is C23H26N2O2. The molecule has 0 aliphatic heterocycles. The second kappa shape index (κ2) is 7.87. The number of aromatic nitrogens is 2. The molecule has 4 nitrogen and oxygen atoms in total. The first kappa shape index (κ1) is 17.7. The highest BCUT2D eigenvalue weighted by Crippen LogP contribution is 2.36. The van der Waals surface area contributed by atoms with Gasteiger partial charge >= 0.3 is 0 Å². The molecule has 0 radical (unpaired) electrons. The Hall–Kier alpha value is -2.75. The monoisotopic (exact) mass is 362 g/mol. The lowest BCUT2D eigenvalue weighted by Gasteiger charge is -2.17. The van der Waals surface area contributed by atoms with E-state index in [0.29, 0.717) is 6.10 Å². The molecule has 0 unspecified atom stereocenters. The standard InChI is InChI=1S/C23H26N2O2/c1-16-7-3-4-8-17(16)13-19-15-24-25-23(19)18-11-12-21(26-2)22(14-18)27-20-9-5-6-10-20/h3-4,7-8,11-12,14-15,20H,5-6,9-10,13H2,1-2H3,(H,24,25). The number of aryl methyl sites for hydroxylation is 1. The van der Waals surface area contributed by atoms with Crippen molar-refractivity contribution in [1.29, 1.82) is 0 Å². The van der Waals surface area contributed by atoms with Gasteiger partial charge in [0.1, 0.15) is 0 Å². The van der Waals surface area contributed by atoms with E-state index in [0.717, 1.165) is 42.0 Å². The first-order chi connectivity index (χ1) is 13.2. The quantitative estimate of drug-likeness (QED) is 0.647. The van der Waals surface area contributed by atoms with Gasteiger partial charge in [0, 0.05) is 17.5 Å². The first-order valence-corrected chi connectivity index (χ1v) is 9.66. The molecule has 1 N–H and O–H groups in total. The summed E-state index contributed by atoms with van der Waals surface area (Å²) in [6.45, 7) is 2.15. The Kier molecular flexibility index (Phi) is 5.14. The summed E-state index contributed by atoms with van der Waals surface area (Å²) in [5, 5.41) is 7.48. The maximum absolute atomic E-state index is 6.25. The van der Waals surface area contributed by atoms with Crippen LogP contribution in [0.25, 0.3) is 11.3 Å². The fraction of sp³-hybridized carbons (Fsp3) is 0.348. The van der Waals surface area contributed by atoms with Crippen molar-refractivity contribution in [2.75, 3.05) is 7.11 Å². The van der Waals surface area contributed by atoms with Crippen LogP contribution in [0.5, 0.6) is 11.5 Å². The number of nitrogens with zero attached hydrogens (tertiary/aromatic N) is 1. The minimum atomic E-state index is 0.294. The molecule has 0 amide bonds. The van der Waals surface area contributed by atoms with Crippen molar-refractivity contribution in [1.82, 2.24) is 10.2 Å². The maximum atomic E-state index is 6.25. The molecule has 2 aromatic carbocycles. The van der Waals surface area contributed by atoms with E-state index < -0.39 is 0 Å². The number of benzene rings is 2. The van der Waals surface area contributed by atoms with E-state index in [1.54, 1.807) is 7.11 Å². The fourth-order valence-corrected chi connectivity index (χ4v) is 3.82. The Morgan fingerprint density at radius 1 is 1.04 bits per heavy atom. The van der Waals surface area contributed by atoms with Crippen LogP contribution in [-0.4, -0.2) is 23.4 Å². The van der Waals surface area contributed by atoms with Gasteiger partial charge in [-0.1, -0.05) is 24.3 Å². The van der Waals surface area contributed by atoms with E-state index in [-0.39, 0.29) is 0 Å². The van der Waals surface area contributed by atoms with Crippen LogP contribution >= 0.6 is 0 Å². The van der Waals surface area contributed by atoms with Crippen LogP contribution in [0.2, 0.25) is 0 Å². The number of hydrogen-bond acceptors (Lipinski definition) is 3. The van der Waals surface area contributed by atoms with Gasteiger partial charge in [0.2, 0.25) is 0 Å². The number of hydrogen-bond donors (Lipinski definition) is 1. The topological polar surface area (TPSA) is 47.1 Å². The van der Waals surface area contributed by atoms with Crippen molar-refractivity contribution in [2.45, 2.75) is 45.1 Å². The molecule has 4 heteroatoms. The van der Waals surface area contributed by atoms with Gasteiger partial charge in [0.05, 0.1) is 25.1 Å². The van der Waals surface area contributed by atoms with Crippen molar-refractivity contribution >= 4 is 0 Å². The maximum Gasteiger partial charge on any atom is 0.162 e. The van der Waals surface area contributed by atoms with E-state index >= 15 is 0 Å². The van der Waals surface area contributed by atoms with Crippen LogP contribution < -0.4 is 9.47 Å². The molecule has 0 atom stereocenters. The van der Waals surface area contributed by atoms with Crippen molar-refractivity contribution in [3.05, 3.63) is 65.4 Å². The molecule has 0 saturated heterocycles. The predicted octanol–water partition coefficient (Wildman–Crippen LogP) is 5.31. The summed E-state index contributed by atoms with van der Waals surface area (Å²) in [6.07, 6.45) is 7.79. The van der Waals surface area contributed by atoms with Crippen LogP contribution in [0, 0.1) is 6.92 Å². The zero-order valence-electron chi connectivity index (χ0n) is 16.0. The smallest absolute Gasteiger partial charge is 0.162 e. The Labute approximate surface area is 160 Å². The van der Waals surface area contributed by atoms with E-state index in [1.165, 1.54) is 29.5 Å². The zero-order valence-corrected chi connectivity index (χ0v) is 16.0. The van der Waals surface area contributed by atoms with Crippen LogP contribution in [0.3, 0.4) is 0 Å². The molecule has 1 aliphatic rings. The highest BCUT2D eigenvalue weighted by molar-refractivity contribution is 5.67. The number of ether oxygens (including phenoxy) is 2. The third kappa shape index (κ3) is 3.85. The van der Waals surface area contributed by atoms with E-state index in [4.69, 9.17) is 9.47 Å². The zero-order chi connectivity index (χ0) is 18.6.